The monoisotopic (exact) mass is 443 g/mol. The van der Waals surface area contributed by atoms with E-state index in [9.17, 15) is 9.59 Å². The van der Waals surface area contributed by atoms with Gasteiger partial charge < -0.3 is 10.1 Å². The summed E-state index contributed by atoms with van der Waals surface area (Å²) in [6.45, 7) is 0.251. The number of hydrogen-bond acceptors (Lipinski definition) is 5. The van der Waals surface area contributed by atoms with Gasteiger partial charge in [0.2, 0.25) is 0 Å². The van der Waals surface area contributed by atoms with Crippen LogP contribution in [0.4, 0.5) is 4.79 Å². The van der Waals surface area contributed by atoms with Crippen molar-refractivity contribution < 1.29 is 14.3 Å². The summed E-state index contributed by atoms with van der Waals surface area (Å²) in [6, 6.07) is 14.5. The predicted molar refractivity (Wildman–Crippen MR) is 126 cm³/mol. The number of ether oxygens (including phenoxy) is 1. The minimum atomic E-state index is -0.502. The zero-order valence-corrected chi connectivity index (χ0v) is 18.9. The normalized spacial score (nSPS) is 20.4. The summed E-state index contributed by atoms with van der Waals surface area (Å²) < 4.78 is 4.64. The van der Waals surface area contributed by atoms with Gasteiger partial charge in [-0.05, 0) is 79.7 Å². The number of carbonyl (C=O) groups excluding carboxylic acids is 2. The summed E-state index contributed by atoms with van der Waals surface area (Å²) in [7, 11) is 1.33. The lowest BCUT2D eigenvalue weighted by molar-refractivity contribution is 0.0877. The number of amides is 1. The van der Waals surface area contributed by atoms with Crippen molar-refractivity contribution in [2.45, 2.75) is 56.9 Å². The molecule has 1 N–H and O–H groups in total. The van der Waals surface area contributed by atoms with Gasteiger partial charge in [-0.2, -0.15) is 0 Å². The molecule has 3 aromatic rings. The highest BCUT2D eigenvalue weighted by Gasteiger charge is 2.34. The first kappa shape index (κ1) is 21.6. The molecule has 2 saturated carbocycles. The van der Waals surface area contributed by atoms with Crippen LogP contribution in [0.2, 0.25) is 0 Å². The van der Waals surface area contributed by atoms with Gasteiger partial charge in [0.1, 0.15) is 5.69 Å². The lowest BCUT2D eigenvalue weighted by Gasteiger charge is -2.28. The molecule has 2 aliphatic rings. The summed E-state index contributed by atoms with van der Waals surface area (Å²) in [5.74, 6) is 1.08. The molecule has 0 radical (unpaired) electrons. The Morgan fingerprint density at radius 2 is 1.79 bits per heavy atom. The summed E-state index contributed by atoms with van der Waals surface area (Å²) in [4.78, 5) is 34.2. The van der Waals surface area contributed by atoms with Crippen molar-refractivity contribution in [2.75, 3.05) is 7.11 Å². The number of nitrogens with one attached hydrogen (secondary N) is 1. The van der Waals surface area contributed by atoms with Crippen molar-refractivity contribution in [3.63, 3.8) is 0 Å². The summed E-state index contributed by atoms with van der Waals surface area (Å²) in [5.41, 5.74) is 4.72. The molecule has 2 heterocycles. The third kappa shape index (κ3) is 4.75. The smallest absolute Gasteiger partial charge is 0.407 e. The lowest BCUT2D eigenvalue weighted by atomic mass is 9.76. The summed E-state index contributed by atoms with van der Waals surface area (Å²) in [5, 5.41) is 3.81. The Morgan fingerprint density at radius 3 is 2.55 bits per heavy atom. The van der Waals surface area contributed by atoms with Crippen molar-refractivity contribution in [1.82, 2.24) is 15.3 Å². The van der Waals surface area contributed by atoms with Crippen LogP contribution in [0, 0.1) is 5.92 Å². The van der Waals surface area contributed by atoms with Crippen molar-refractivity contribution in [1.29, 1.82) is 0 Å². The number of methoxy groups -OCH3 is 1. The number of Topliss-reactive ketones (excluding diaryl/α,β-unsaturated/α-hetero) is 1. The van der Waals surface area contributed by atoms with Gasteiger partial charge >= 0.3 is 6.09 Å². The van der Waals surface area contributed by atoms with Gasteiger partial charge in [0, 0.05) is 17.5 Å². The number of fused-ring (bicyclic) bond motifs is 1. The Labute approximate surface area is 193 Å². The average molecular weight is 444 g/mol. The van der Waals surface area contributed by atoms with Crippen LogP contribution >= 0.6 is 0 Å². The second-order valence-corrected chi connectivity index (χ2v) is 9.23. The van der Waals surface area contributed by atoms with E-state index in [2.05, 4.69) is 39.3 Å². The number of alkyl carbamates (subject to hydrolysis) is 1. The molecular weight excluding hydrogens is 414 g/mol. The van der Waals surface area contributed by atoms with Gasteiger partial charge in [-0.15, -0.1) is 0 Å². The second-order valence-electron chi connectivity index (χ2n) is 9.23. The molecule has 0 spiro atoms. The fourth-order valence-electron chi connectivity index (χ4n) is 4.98. The predicted octanol–water partition coefficient (Wildman–Crippen LogP) is 5.52. The first-order valence-electron chi connectivity index (χ1n) is 11.8. The molecule has 2 aliphatic carbocycles. The SMILES string of the molecule is COC(=O)NCc1ccc(C2CC2)c(C(=O)C2CCC(c3ccc4cccnc4c3)CC2)n1. The van der Waals surface area contributed by atoms with Gasteiger partial charge in [-0.25, -0.2) is 9.78 Å². The highest BCUT2D eigenvalue weighted by atomic mass is 16.5. The molecule has 0 unspecified atom stereocenters. The molecule has 2 aromatic heterocycles. The molecule has 0 saturated heterocycles. The van der Waals surface area contributed by atoms with Crippen LogP contribution in [0.5, 0.6) is 0 Å². The molecule has 2 fully saturated rings. The maximum atomic E-state index is 13.5. The van der Waals surface area contributed by atoms with Crippen LogP contribution in [0.15, 0.2) is 48.7 Å². The number of hydrogen-bond donors (Lipinski definition) is 1. The number of nitrogens with zero attached hydrogens (tertiary/aromatic N) is 2. The zero-order chi connectivity index (χ0) is 22.8. The number of benzene rings is 1. The van der Waals surface area contributed by atoms with E-state index in [0.717, 1.165) is 55.0 Å². The third-order valence-electron chi connectivity index (χ3n) is 7.03. The Kier molecular flexibility index (Phi) is 6.07. The molecule has 33 heavy (non-hydrogen) atoms. The Balaban J connectivity index is 1.29. The van der Waals surface area contributed by atoms with E-state index < -0.39 is 6.09 Å². The van der Waals surface area contributed by atoms with Gasteiger partial charge in [0.05, 0.1) is 24.9 Å². The fourth-order valence-corrected chi connectivity index (χ4v) is 4.98. The number of carbonyl (C=O) groups is 2. The van der Waals surface area contributed by atoms with Crippen LogP contribution in [-0.2, 0) is 11.3 Å². The summed E-state index contributed by atoms with van der Waals surface area (Å²) >= 11 is 0. The molecule has 1 aromatic carbocycles. The van der Waals surface area contributed by atoms with Crippen LogP contribution in [0.25, 0.3) is 10.9 Å². The van der Waals surface area contributed by atoms with Crippen LogP contribution in [-0.4, -0.2) is 29.0 Å². The minimum Gasteiger partial charge on any atom is -0.453 e. The average Bonchev–Trinajstić information content (AvgIpc) is 3.72. The first-order valence-corrected chi connectivity index (χ1v) is 11.8. The standard InChI is InChI=1S/C27H29N3O3/c1-33-27(32)29-16-22-12-13-23(18-6-7-18)25(30-22)26(31)20-9-4-17(5-10-20)21-11-8-19-3-2-14-28-24(19)15-21/h2-3,8,11-15,17-18,20H,4-7,9-10,16H2,1H3,(H,29,32). The van der Waals surface area contributed by atoms with Gasteiger partial charge in [-0.3, -0.25) is 9.78 Å². The van der Waals surface area contributed by atoms with Crippen molar-refractivity contribution in [2.24, 2.45) is 5.92 Å². The Bertz CT molecular complexity index is 1180. The van der Waals surface area contributed by atoms with Crippen molar-refractivity contribution in [3.8, 4) is 0 Å². The van der Waals surface area contributed by atoms with Gasteiger partial charge in [0.15, 0.2) is 5.78 Å². The van der Waals surface area contributed by atoms with Crippen molar-refractivity contribution in [3.05, 3.63) is 71.2 Å². The van der Waals surface area contributed by atoms with E-state index in [0.29, 0.717) is 23.2 Å². The molecular formula is C27H29N3O3. The lowest BCUT2D eigenvalue weighted by Crippen LogP contribution is -2.25. The van der Waals surface area contributed by atoms with E-state index in [1.807, 2.05) is 24.4 Å². The number of aromatic nitrogens is 2. The second kappa shape index (κ2) is 9.30. The Hall–Kier alpha value is -3.28. The zero-order valence-electron chi connectivity index (χ0n) is 18.9. The molecule has 5 rings (SSSR count). The molecule has 0 bridgehead atoms. The molecule has 0 aliphatic heterocycles. The molecule has 6 nitrogen and oxygen atoms in total. The topological polar surface area (TPSA) is 81.2 Å². The maximum Gasteiger partial charge on any atom is 0.407 e. The Morgan fingerprint density at radius 1 is 1.00 bits per heavy atom. The summed E-state index contributed by atoms with van der Waals surface area (Å²) in [6.07, 6.45) is 7.31. The van der Waals surface area contributed by atoms with Crippen LogP contribution in [0.1, 0.15) is 77.7 Å². The number of rotatable bonds is 6. The van der Waals surface area contributed by atoms with Crippen LogP contribution in [0.3, 0.4) is 0 Å². The highest BCUT2D eigenvalue weighted by Crippen LogP contribution is 2.43. The van der Waals surface area contributed by atoms with Crippen LogP contribution < -0.4 is 5.32 Å². The number of pyridine rings is 2. The third-order valence-corrected chi connectivity index (χ3v) is 7.03. The van der Waals surface area contributed by atoms with E-state index >= 15 is 0 Å². The van der Waals surface area contributed by atoms with Crippen molar-refractivity contribution >= 4 is 22.8 Å². The van der Waals surface area contributed by atoms with E-state index in [1.165, 1.54) is 12.7 Å². The first-order chi connectivity index (χ1) is 16.1. The van der Waals surface area contributed by atoms with E-state index in [1.54, 1.807) is 0 Å². The molecule has 0 atom stereocenters. The molecule has 1 amide bonds. The van der Waals surface area contributed by atoms with E-state index in [4.69, 9.17) is 4.98 Å². The minimum absolute atomic E-state index is 0.00801. The number of ketones is 1. The molecule has 6 heteroatoms. The van der Waals surface area contributed by atoms with Gasteiger partial charge in [0.25, 0.3) is 0 Å². The highest BCUT2D eigenvalue weighted by molar-refractivity contribution is 5.97. The fraction of sp³-hybridized carbons (Fsp3) is 0.407. The quantitative estimate of drug-likeness (QED) is 0.507. The van der Waals surface area contributed by atoms with Gasteiger partial charge in [-0.1, -0.05) is 24.3 Å². The van der Waals surface area contributed by atoms with E-state index in [-0.39, 0.29) is 18.2 Å². The molecule has 170 valence electrons. The largest absolute Gasteiger partial charge is 0.453 e. The maximum absolute atomic E-state index is 13.5.